The van der Waals surface area contributed by atoms with Crippen LogP contribution in [-0.2, 0) is 6.42 Å². The van der Waals surface area contributed by atoms with Gasteiger partial charge >= 0.3 is 0 Å². The lowest BCUT2D eigenvalue weighted by atomic mass is 9.48. The molecular formula is C28H32N6. The molecular weight excluding hydrogens is 420 g/mol. The first-order chi connectivity index (χ1) is 16.6. The number of para-hydroxylation sites is 1. The van der Waals surface area contributed by atoms with Crippen molar-refractivity contribution in [3.05, 3.63) is 59.5 Å². The summed E-state index contributed by atoms with van der Waals surface area (Å²) in [6, 6.07) is 16.6. The molecule has 1 saturated heterocycles. The monoisotopic (exact) mass is 452 g/mol. The van der Waals surface area contributed by atoms with Crippen molar-refractivity contribution in [3.8, 4) is 6.07 Å². The molecule has 4 fully saturated rings. The molecule has 6 nitrogen and oxygen atoms in total. The van der Waals surface area contributed by atoms with Crippen LogP contribution < -0.4 is 5.32 Å². The van der Waals surface area contributed by atoms with Gasteiger partial charge in [0.15, 0.2) is 0 Å². The Hall–Kier alpha value is -2.88. The predicted octanol–water partition coefficient (Wildman–Crippen LogP) is 4.46. The Balaban J connectivity index is 1.18. The largest absolute Gasteiger partial charge is 0.378 e. The SMILES string of the molecule is C[C@@H]1Cc2c([nH]c3ccccc23)[C@@H](c2ccc(NC3CN(CCC#N)C3)cn2)N1C12CC(C1)C2. The number of fused-ring (bicyclic) bond motifs is 3. The Morgan fingerprint density at radius 3 is 2.71 bits per heavy atom. The van der Waals surface area contributed by atoms with Crippen molar-refractivity contribution in [2.75, 3.05) is 25.0 Å². The van der Waals surface area contributed by atoms with E-state index in [1.165, 1.54) is 41.4 Å². The zero-order valence-corrected chi connectivity index (χ0v) is 19.8. The number of hydrogen-bond acceptors (Lipinski definition) is 5. The molecule has 2 aromatic heterocycles. The number of aromatic amines is 1. The van der Waals surface area contributed by atoms with E-state index in [2.05, 4.69) is 69.5 Å². The second-order valence-corrected chi connectivity index (χ2v) is 11.1. The smallest absolute Gasteiger partial charge is 0.0937 e. The number of nitrogens with one attached hydrogen (secondary N) is 2. The molecule has 3 saturated carbocycles. The maximum Gasteiger partial charge on any atom is 0.0937 e. The third kappa shape index (κ3) is 3.03. The quantitative estimate of drug-likeness (QED) is 0.578. The number of benzene rings is 1. The van der Waals surface area contributed by atoms with E-state index in [-0.39, 0.29) is 6.04 Å². The van der Waals surface area contributed by atoms with Gasteiger partial charge in [0.05, 0.1) is 35.7 Å². The highest BCUT2D eigenvalue weighted by Gasteiger charge is 2.63. The standard InChI is InChI=1S/C28H32N6/c1-18-11-23-22-5-2-3-6-24(22)32-26(23)27(34(18)28-12-19(13-28)14-28)25-8-7-20(15-30-25)31-21-16-33(17-21)10-4-9-29/h2-3,5-8,15,18-19,21,27,31-32H,4,10-14,16-17H2,1H3/t18-,19?,27-,28?/m1/s1. The Bertz CT molecular complexity index is 1250. The number of rotatable bonds is 6. The van der Waals surface area contributed by atoms with Crippen LogP contribution in [0.2, 0.25) is 0 Å². The summed E-state index contributed by atoms with van der Waals surface area (Å²) < 4.78 is 0. The number of nitriles is 1. The minimum Gasteiger partial charge on any atom is -0.378 e. The number of anilines is 1. The van der Waals surface area contributed by atoms with Crippen LogP contribution in [0.1, 0.15) is 55.6 Å². The van der Waals surface area contributed by atoms with Crippen molar-refractivity contribution >= 4 is 16.6 Å². The van der Waals surface area contributed by atoms with E-state index in [0.717, 1.165) is 43.4 Å². The molecule has 0 amide bonds. The maximum atomic E-state index is 8.77. The summed E-state index contributed by atoms with van der Waals surface area (Å²) in [6.45, 7) is 5.29. The van der Waals surface area contributed by atoms with E-state index in [1.807, 2.05) is 6.20 Å². The molecule has 3 aliphatic carbocycles. The lowest BCUT2D eigenvalue weighted by Gasteiger charge is -2.69. The summed E-state index contributed by atoms with van der Waals surface area (Å²) in [5.41, 5.74) is 6.69. The number of likely N-dealkylation sites (tertiary alicyclic amines) is 1. The van der Waals surface area contributed by atoms with Gasteiger partial charge in [-0.05, 0) is 62.3 Å². The second-order valence-electron chi connectivity index (χ2n) is 11.1. The van der Waals surface area contributed by atoms with Gasteiger partial charge in [-0.25, -0.2) is 0 Å². The average molecular weight is 453 g/mol. The van der Waals surface area contributed by atoms with Crippen LogP contribution in [0, 0.1) is 17.2 Å². The molecule has 2 aliphatic heterocycles. The zero-order valence-electron chi connectivity index (χ0n) is 19.8. The predicted molar refractivity (Wildman–Crippen MR) is 134 cm³/mol. The second kappa shape index (κ2) is 7.56. The highest BCUT2D eigenvalue weighted by Crippen LogP contribution is 2.64. The fraction of sp³-hybridized carbons (Fsp3) is 0.500. The molecule has 5 aliphatic rings. The molecule has 8 rings (SSSR count). The lowest BCUT2D eigenvalue weighted by molar-refractivity contribution is -0.174. The number of aromatic nitrogens is 2. The van der Waals surface area contributed by atoms with Crippen molar-refractivity contribution in [2.45, 2.75) is 62.7 Å². The third-order valence-corrected chi connectivity index (χ3v) is 8.86. The van der Waals surface area contributed by atoms with Gasteiger partial charge in [0.1, 0.15) is 0 Å². The highest BCUT2D eigenvalue weighted by atomic mass is 15.3. The molecule has 4 heterocycles. The molecule has 6 heteroatoms. The number of nitrogens with zero attached hydrogens (tertiary/aromatic N) is 4. The first-order valence-corrected chi connectivity index (χ1v) is 12.8. The Labute approximate surface area is 201 Å². The highest BCUT2D eigenvalue weighted by molar-refractivity contribution is 5.85. The number of H-pyrrole nitrogens is 1. The molecule has 0 radical (unpaired) electrons. The van der Waals surface area contributed by atoms with Crippen molar-refractivity contribution < 1.29 is 0 Å². The van der Waals surface area contributed by atoms with Crippen molar-refractivity contribution in [1.29, 1.82) is 5.26 Å². The van der Waals surface area contributed by atoms with Crippen molar-refractivity contribution in [1.82, 2.24) is 19.8 Å². The molecule has 34 heavy (non-hydrogen) atoms. The fourth-order valence-electron chi connectivity index (χ4n) is 7.18. The van der Waals surface area contributed by atoms with Gasteiger partial charge in [0.25, 0.3) is 0 Å². The first kappa shape index (κ1) is 20.5. The normalized spacial score (nSPS) is 30.6. The minimum absolute atomic E-state index is 0.187. The van der Waals surface area contributed by atoms with Crippen LogP contribution in [0.3, 0.4) is 0 Å². The molecule has 0 spiro atoms. The van der Waals surface area contributed by atoms with Gasteiger partial charge in [0.2, 0.25) is 0 Å². The van der Waals surface area contributed by atoms with Crippen molar-refractivity contribution in [2.24, 2.45) is 5.92 Å². The summed E-state index contributed by atoms with van der Waals surface area (Å²) in [7, 11) is 0. The third-order valence-electron chi connectivity index (χ3n) is 8.86. The molecule has 3 aromatic rings. The topological polar surface area (TPSA) is 71.0 Å². The van der Waals surface area contributed by atoms with Crippen LogP contribution in [0.5, 0.6) is 0 Å². The summed E-state index contributed by atoms with van der Waals surface area (Å²) in [5.74, 6) is 0.951. The van der Waals surface area contributed by atoms with Crippen LogP contribution in [-0.4, -0.2) is 57.0 Å². The maximum absolute atomic E-state index is 8.77. The number of hydrogen-bond donors (Lipinski definition) is 2. The number of pyridine rings is 1. The summed E-state index contributed by atoms with van der Waals surface area (Å²) in [5, 5.41) is 13.8. The molecule has 2 N–H and O–H groups in total. The van der Waals surface area contributed by atoms with Gasteiger partial charge in [-0.15, -0.1) is 0 Å². The molecule has 2 atom stereocenters. The molecule has 2 bridgehead atoms. The van der Waals surface area contributed by atoms with E-state index in [1.54, 1.807) is 0 Å². The van der Waals surface area contributed by atoms with E-state index in [4.69, 9.17) is 10.2 Å². The Morgan fingerprint density at radius 2 is 2.00 bits per heavy atom. The van der Waals surface area contributed by atoms with Crippen LogP contribution in [0.25, 0.3) is 10.9 Å². The summed E-state index contributed by atoms with van der Waals surface area (Å²) in [4.78, 5) is 14.0. The van der Waals surface area contributed by atoms with Crippen molar-refractivity contribution in [3.63, 3.8) is 0 Å². The van der Waals surface area contributed by atoms with Crippen LogP contribution >= 0.6 is 0 Å². The minimum atomic E-state index is 0.187. The first-order valence-electron chi connectivity index (χ1n) is 12.8. The van der Waals surface area contributed by atoms with Gasteiger partial charge < -0.3 is 10.3 Å². The van der Waals surface area contributed by atoms with E-state index in [0.29, 0.717) is 24.0 Å². The molecule has 0 unspecified atom stereocenters. The molecule has 174 valence electrons. The van der Waals surface area contributed by atoms with E-state index in [9.17, 15) is 0 Å². The zero-order chi connectivity index (χ0) is 22.9. The average Bonchev–Trinajstić information content (AvgIpc) is 3.12. The van der Waals surface area contributed by atoms with E-state index < -0.39 is 0 Å². The van der Waals surface area contributed by atoms with Gasteiger partial charge in [0, 0.05) is 54.2 Å². The van der Waals surface area contributed by atoms with E-state index >= 15 is 0 Å². The van der Waals surface area contributed by atoms with Gasteiger partial charge in [-0.2, -0.15) is 5.26 Å². The fourth-order valence-corrected chi connectivity index (χ4v) is 7.18. The Morgan fingerprint density at radius 1 is 1.18 bits per heavy atom. The lowest BCUT2D eigenvalue weighted by Crippen LogP contribution is -2.71. The van der Waals surface area contributed by atoms with Gasteiger partial charge in [-0.1, -0.05) is 18.2 Å². The van der Waals surface area contributed by atoms with Crippen LogP contribution in [0.15, 0.2) is 42.6 Å². The Kier molecular flexibility index (Phi) is 4.56. The summed E-state index contributed by atoms with van der Waals surface area (Å²) >= 11 is 0. The van der Waals surface area contributed by atoms with Crippen LogP contribution in [0.4, 0.5) is 5.69 Å². The van der Waals surface area contributed by atoms with Gasteiger partial charge in [-0.3, -0.25) is 14.8 Å². The summed E-state index contributed by atoms with van der Waals surface area (Å²) in [6.07, 6.45) is 7.80. The molecule has 1 aromatic carbocycles.